The van der Waals surface area contributed by atoms with E-state index in [1.165, 1.54) is 13.8 Å². The number of rotatable bonds is 8. The van der Waals surface area contributed by atoms with Gasteiger partial charge in [-0.3, -0.25) is 14.4 Å². The van der Waals surface area contributed by atoms with Gasteiger partial charge in [-0.25, -0.2) is 4.79 Å². The van der Waals surface area contributed by atoms with Crippen LogP contribution in [0.5, 0.6) is 0 Å². The van der Waals surface area contributed by atoms with Crippen molar-refractivity contribution in [3.05, 3.63) is 0 Å². The van der Waals surface area contributed by atoms with Crippen LogP contribution in [0, 0.1) is 5.92 Å². The number of carboxylic acids is 1. The van der Waals surface area contributed by atoms with E-state index in [0.29, 0.717) is 6.42 Å². The molecule has 0 fully saturated rings. The molecule has 0 aliphatic rings. The first-order valence-electron chi connectivity index (χ1n) is 6.70. The highest BCUT2D eigenvalue weighted by atomic mass is 16.4. The zero-order valence-electron chi connectivity index (χ0n) is 12.7. The van der Waals surface area contributed by atoms with Crippen LogP contribution in [0.1, 0.15) is 34.1 Å². The van der Waals surface area contributed by atoms with E-state index < -0.39 is 29.9 Å². The van der Waals surface area contributed by atoms with Crippen LogP contribution in [0.3, 0.4) is 0 Å². The third-order valence-electron chi connectivity index (χ3n) is 2.58. The number of carbonyl (C=O) groups excluding carboxylic acids is 3. The van der Waals surface area contributed by atoms with Crippen LogP contribution in [0.2, 0.25) is 0 Å². The van der Waals surface area contributed by atoms with Crippen molar-refractivity contribution in [3.63, 3.8) is 0 Å². The average molecular weight is 301 g/mol. The van der Waals surface area contributed by atoms with Crippen molar-refractivity contribution in [1.29, 1.82) is 0 Å². The van der Waals surface area contributed by atoms with Crippen molar-refractivity contribution < 1.29 is 24.3 Å². The zero-order valence-corrected chi connectivity index (χ0v) is 12.7. The van der Waals surface area contributed by atoms with E-state index >= 15 is 0 Å². The average Bonchev–Trinajstić information content (AvgIpc) is 2.33. The second-order valence-electron chi connectivity index (χ2n) is 5.23. The van der Waals surface area contributed by atoms with Gasteiger partial charge in [0.05, 0.1) is 6.54 Å². The Morgan fingerprint density at radius 2 is 1.62 bits per heavy atom. The molecule has 3 amide bonds. The monoisotopic (exact) mass is 301 g/mol. The molecule has 0 aromatic heterocycles. The van der Waals surface area contributed by atoms with Crippen molar-refractivity contribution in [1.82, 2.24) is 16.0 Å². The molecule has 0 aromatic carbocycles. The Bertz CT molecular complexity index is 409. The first kappa shape index (κ1) is 18.9. The second-order valence-corrected chi connectivity index (χ2v) is 5.23. The lowest BCUT2D eigenvalue weighted by atomic mass is 10.0. The Balaban J connectivity index is 4.27. The van der Waals surface area contributed by atoms with Gasteiger partial charge in [0.1, 0.15) is 12.1 Å². The molecule has 0 saturated heterocycles. The third-order valence-corrected chi connectivity index (χ3v) is 2.58. The summed E-state index contributed by atoms with van der Waals surface area (Å²) in [5, 5.41) is 16.0. The Hall–Kier alpha value is -2.12. The van der Waals surface area contributed by atoms with E-state index in [1.54, 1.807) is 0 Å². The zero-order chi connectivity index (χ0) is 16.6. The highest BCUT2D eigenvalue weighted by Crippen LogP contribution is 2.04. The molecule has 0 rings (SSSR count). The Labute approximate surface area is 123 Å². The molecule has 8 heteroatoms. The van der Waals surface area contributed by atoms with E-state index in [9.17, 15) is 19.2 Å². The van der Waals surface area contributed by atoms with Gasteiger partial charge in [-0.1, -0.05) is 13.8 Å². The van der Waals surface area contributed by atoms with Gasteiger partial charge in [0.25, 0.3) is 0 Å². The summed E-state index contributed by atoms with van der Waals surface area (Å²) in [5.74, 6) is -2.47. The molecule has 0 radical (unpaired) electrons. The van der Waals surface area contributed by atoms with Gasteiger partial charge in [-0.05, 0) is 19.3 Å². The van der Waals surface area contributed by atoms with Crippen molar-refractivity contribution in [2.45, 2.75) is 46.2 Å². The molecule has 0 saturated carbocycles. The molecule has 4 N–H and O–H groups in total. The van der Waals surface area contributed by atoms with Gasteiger partial charge in [0.15, 0.2) is 0 Å². The molecule has 2 atom stereocenters. The van der Waals surface area contributed by atoms with Crippen molar-refractivity contribution in [3.8, 4) is 0 Å². The molecule has 0 aromatic rings. The van der Waals surface area contributed by atoms with Gasteiger partial charge in [-0.2, -0.15) is 0 Å². The fraction of sp³-hybridized carbons (Fsp3) is 0.692. The quantitative estimate of drug-likeness (QED) is 0.469. The van der Waals surface area contributed by atoms with Crippen LogP contribution < -0.4 is 16.0 Å². The molecule has 0 bridgehead atoms. The summed E-state index contributed by atoms with van der Waals surface area (Å²) in [7, 11) is 0. The number of amides is 3. The molecule has 8 nitrogen and oxygen atoms in total. The predicted molar refractivity (Wildman–Crippen MR) is 75.3 cm³/mol. The molecule has 0 aliphatic heterocycles. The maximum atomic E-state index is 11.6. The summed E-state index contributed by atoms with van der Waals surface area (Å²) in [6, 6.07) is -1.75. The van der Waals surface area contributed by atoms with Crippen molar-refractivity contribution in [2.75, 3.05) is 6.54 Å². The van der Waals surface area contributed by atoms with Crippen LogP contribution in [0.15, 0.2) is 0 Å². The minimum absolute atomic E-state index is 0.112. The Morgan fingerprint density at radius 1 is 1.05 bits per heavy atom. The first-order chi connectivity index (χ1) is 9.63. The lowest BCUT2D eigenvalue weighted by Crippen LogP contribution is -2.49. The maximum absolute atomic E-state index is 11.6. The van der Waals surface area contributed by atoms with Crippen molar-refractivity contribution in [2.24, 2.45) is 5.92 Å². The summed E-state index contributed by atoms with van der Waals surface area (Å²) >= 11 is 0. The van der Waals surface area contributed by atoms with Gasteiger partial charge < -0.3 is 21.1 Å². The molecule has 21 heavy (non-hydrogen) atoms. The minimum atomic E-state index is -1.12. The van der Waals surface area contributed by atoms with Gasteiger partial charge in [0.2, 0.25) is 17.7 Å². The number of carboxylic acid groups (broad SMARTS) is 1. The maximum Gasteiger partial charge on any atom is 0.326 e. The molecule has 0 spiro atoms. The van der Waals surface area contributed by atoms with Crippen molar-refractivity contribution >= 4 is 23.7 Å². The van der Waals surface area contributed by atoms with Gasteiger partial charge >= 0.3 is 5.97 Å². The summed E-state index contributed by atoms with van der Waals surface area (Å²) < 4.78 is 0. The summed E-state index contributed by atoms with van der Waals surface area (Å²) in [6.07, 6.45) is 0.303. The normalized spacial score (nSPS) is 13.2. The molecular formula is C13H23N3O5. The van der Waals surface area contributed by atoms with Gasteiger partial charge in [-0.15, -0.1) is 0 Å². The Kier molecular flexibility index (Phi) is 8.03. The highest BCUT2D eigenvalue weighted by molar-refractivity contribution is 5.91. The lowest BCUT2D eigenvalue weighted by molar-refractivity contribution is -0.142. The standard InChI is InChI=1S/C13H23N3O5/c1-7(2)5-10(13(20)21)16-11(18)6-14-12(19)8(3)15-9(4)17/h7-8,10H,5-6H2,1-4H3,(H,14,19)(H,15,17)(H,16,18)(H,20,21)/t8?,10-/m0/s1. The molecule has 0 aliphatic carbocycles. The molecule has 0 heterocycles. The van der Waals surface area contributed by atoms with E-state index in [0.717, 1.165) is 0 Å². The predicted octanol–water partition coefficient (Wildman–Crippen LogP) is -0.757. The smallest absolute Gasteiger partial charge is 0.326 e. The van der Waals surface area contributed by atoms with Crippen LogP contribution in [-0.4, -0.2) is 47.4 Å². The number of aliphatic carboxylic acids is 1. The van der Waals surface area contributed by atoms with E-state index in [4.69, 9.17) is 5.11 Å². The second kappa shape index (κ2) is 8.93. The third kappa shape index (κ3) is 8.61. The lowest BCUT2D eigenvalue weighted by Gasteiger charge is -2.17. The summed E-state index contributed by atoms with van der Waals surface area (Å²) in [4.78, 5) is 44.9. The van der Waals surface area contributed by atoms with Crippen LogP contribution in [0.25, 0.3) is 0 Å². The van der Waals surface area contributed by atoms with Crippen LogP contribution in [-0.2, 0) is 19.2 Å². The molecule has 1 unspecified atom stereocenters. The number of hydrogen-bond donors (Lipinski definition) is 4. The number of hydrogen-bond acceptors (Lipinski definition) is 4. The largest absolute Gasteiger partial charge is 0.480 e. The summed E-state index contributed by atoms with van der Waals surface area (Å²) in [6.45, 7) is 6.11. The summed E-state index contributed by atoms with van der Waals surface area (Å²) in [5.41, 5.74) is 0. The Morgan fingerprint density at radius 3 is 2.05 bits per heavy atom. The fourth-order valence-corrected chi connectivity index (χ4v) is 1.63. The van der Waals surface area contributed by atoms with E-state index in [2.05, 4.69) is 16.0 Å². The highest BCUT2D eigenvalue weighted by Gasteiger charge is 2.21. The van der Waals surface area contributed by atoms with Crippen LogP contribution in [0.4, 0.5) is 0 Å². The number of carbonyl (C=O) groups is 4. The van der Waals surface area contributed by atoms with Crippen LogP contribution >= 0.6 is 0 Å². The first-order valence-corrected chi connectivity index (χ1v) is 6.70. The fourth-order valence-electron chi connectivity index (χ4n) is 1.63. The van der Waals surface area contributed by atoms with E-state index in [-0.39, 0.29) is 18.4 Å². The molecular weight excluding hydrogens is 278 g/mol. The number of nitrogens with one attached hydrogen (secondary N) is 3. The molecule has 120 valence electrons. The minimum Gasteiger partial charge on any atom is -0.480 e. The SMILES string of the molecule is CC(=O)NC(C)C(=O)NCC(=O)N[C@@H](CC(C)C)C(=O)O. The van der Waals surface area contributed by atoms with Gasteiger partial charge in [0, 0.05) is 6.92 Å². The topological polar surface area (TPSA) is 125 Å². The van der Waals surface area contributed by atoms with E-state index in [1.807, 2.05) is 13.8 Å².